The fraction of sp³-hybridized carbons (Fsp3) is 0.160. The van der Waals surface area contributed by atoms with Crippen LogP contribution in [0.4, 0.5) is 0 Å². The van der Waals surface area contributed by atoms with E-state index >= 15 is 0 Å². The zero-order chi connectivity index (χ0) is 18.7. The first kappa shape index (κ1) is 16.1. The van der Waals surface area contributed by atoms with Crippen molar-refractivity contribution in [3.05, 3.63) is 78.0 Å². The molecule has 5 rings (SSSR count). The van der Waals surface area contributed by atoms with E-state index in [2.05, 4.69) is 104 Å². The normalized spacial score (nSPS) is 11.7. The Kier molecular flexibility index (Phi) is 3.38. The molecule has 0 unspecified atom stereocenters. The Labute approximate surface area is 159 Å². The van der Waals surface area contributed by atoms with Gasteiger partial charge >= 0.3 is 0 Å². The fourth-order valence-electron chi connectivity index (χ4n) is 4.37. The number of hydrogen-bond acceptors (Lipinski definition) is 0. The molecule has 3 aromatic carbocycles. The van der Waals surface area contributed by atoms with Gasteiger partial charge in [-0.15, -0.1) is 0 Å². The van der Waals surface area contributed by atoms with E-state index in [-0.39, 0.29) is 0 Å². The highest BCUT2D eigenvalue weighted by Crippen LogP contribution is 2.36. The largest absolute Gasteiger partial charge is 0.338 e. The van der Waals surface area contributed by atoms with Crippen LogP contribution in [0.1, 0.15) is 11.1 Å². The van der Waals surface area contributed by atoms with Gasteiger partial charge in [0.25, 0.3) is 0 Å². The Morgan fingerprint density at radius 3 is 2.44 bits per heavy atom. The lowest BCUT2D eigenvalue weighted by molar-refractivity contribution is -0.659. The van der Waals surface area contributed by atoms with E-state index in [9.17, 15) is 0 Å². The second-order valence-electron chi connectivity index (χ2n) is 7.63. The number of aryl methyl sites for hydroxylation is 4. The molecule has 0 saturated carbocycles. The number of fused-ring (bicyclic) bond motifs is 4. The molecule has 5 aromatic rings. The molecule has 0 spiro atoms. The first-order valence-electron chi connectivity index (χ1n) is 9.42. The molecule has 2 nitrogen and oxygen atoms in total. The number of rotatable bonds is 1. The van der Waals surface area contributed by atoms with Crippen molar-refractivity contribution in [3.63, 3.8) is 0 Å². The summed E-state index contributed by atoms with van der Waals surface area (Å²) >= 11 is 0. The van der Waals surface area contributed by atoms with Crippen LogP contribution < -0.4 is 4.57 Å². The third-order valence-electron chi connectivity index (χ3n) is 5.79. The summed E-state index contributed by atoms with van der Waals surface area (Å²) in [6.07, 6.45) is 2.18. The minimum Gasteiger partial charge on any atom is -0.338 e. The first-order chi connectivity index (χ1) is 13.0. The lowest BCUT2D eigenvalue weighted by atomic mass is 10.0. The summed E-state index contributed by atoms with van der Waals surface area (Å²) < 4.78 is 4.60. The average Bonchev–Trinajstić information content (AvgIpc) is 2.93. The lowest BCUT2D eigenvalue weighted by Gasteiger charge is -2.07. The quantitative estimate of drug-likeness (QED) is 0.348. The summed E-state index contributed by atoms with van der Waals surface area (Å²) in [6, 6.07) is 22.3. The van der Waals surface area contributed by atoms with Crippen molar-refractivity contribution in [2.45, 2.75) is 13.8 Å². The van der Waals surface area contributed by atoms with Crippen LogP contribution in [0.15, 0.2) is 66.9 Å². The van der Waals surface area contributed by atoms with Gasteiger partial charge in [-0.1, -0.05) is 42.0 Å². The molecule has 0 N–H and O–H groups in total. The average molecular weight is 351 g/mol. The van der Waals surface area contributed by atoms with Crippen LogP contribution in [-0.2, 0) is 14.1 Å². The molecule has 2 heteroatoms. The third-order valence-corrected chi connectivity index (χ3v) is 5.79. The van der Waals surface area contributed by atoms with Gasteiger partial charge in [-0.05, 0) is 48.4 Å². The standard InChI is InChI=1S/C25H23N2/c1-16-9-10-18-15-23-22(14-19(18)13-16)21-11-12-26(3)24(25(21)27(23)4)20-8-6-5-7-17(20)2/h5-15H,1-4H3/q+1. The molecule has 27 heavy (non-hydrogen) atoms. The van der Waals surface area contributed by atoms with Crippen LogP contribution in [0.3, 0.4) is 0 Å². The Morgan fingerprint density at radius 1 is 0.815 bits per heavy atom. The Bertz CT molecular complexity index is 1360. The molecule has 132 valence electrons. The van der Waals surface area contributed by atoms with Crippen LogP contribution in [0.25, 0.3) is 43.8 Å². The molecule has 0 atom stereocenters. The summed E-state index contributed by atoms with van der Waals surface area (Å²) in [5.74, 6) is 0. The summed E-state index contributed by atoms with van der Waals surface area (Å²) in [6.45, 7) is 4.34. The molecule has 0 aliphatic rings. The Hall–Kier alpha value is -3.13. The highest BCUT2D eigenvalue weighted by atomic mass is 15.0. The molecule has 0 saturated heterocycles. The van der Waals surface area contributed by atoms with Crippen molar-refractivity contribution in [1.82, 2.24) is 4.57 Å². The zero-order valence-electron chi connectivity index (χ0n) is 16.2. The zero-order valence-corrected chi connectivity index (χ0v) is 16.2. The van der Waals surface area contributed by atoms with Gasteiger partial charge in [0.05, 0.1) is 5.56 Å². The maximum atomic E-state index is 2.35. The van der Waals surface area contributed by atoms with Crippen LogP contribution in [0.2, 0.25) is 0 Å². The SMILES string of the molecule is Cc1ccc2cc3c(cc2c1)c1cc[n+](C)c(-c2ccccc2C)c1n3C. The van der Waals surface area contributed by atoms with E-state index in [4.69, 9.17) is 0 Å². The second kappa shape index (κ2) is 5.68. The van der Waals surface area contributed by atoms with Gasteiger partial charge in [0.15, 0.2) is 6.20 Å². The van der Waals surface area contributed by atoms with Gasteiger partial charge in [-0.3, -0.25) is 0 Å². The molecular weight excluding hydrogens is 328 g/mol. The number of benzene rings is 3. The highest BCUT2D eigenvalue weighted by molar-refractivity contribution is 6.14. The van der Waals surface area contributed by atoms with Gasteiger partial charge in [-0.2, -0.15) is 4.57 Å². The smallest absolute Gasteiger partial charge is 0.237 e. The highest BCUT2D eigenvalue weighted by Gasteiger charge is 2.22. The number of pyridine rings is 1. The van der Waals surface area contributed by atoms with E-state index in [0.29, 0.717) is 0 Å². The van der Waals surface area contributed by atoms with E-state index in [1.807, 2.05) is 0 Å². The maximum Gasteiger partial charge on any atom is 0.237 e. The number of nitrogens with zero attached hydrogens (tertiary/aromatic N) is 2. The molecule has 0 bridgehead atoms. The molecule has 0 fully saturated rings. The van der Waals surface area contributed by atoms with Crippen molar-refractivity contribution >= 4 is 32.6 Å². The van der Waals surface area contributed by atoms with E-state index in [1.165, 1.54) is 55.0 Å². The van der Waals surface area contributed by atoms with E-state index < -0.39 is 0 Å². The lowest BCUT2D eigenvalue weighted by Crippen LogP contribution is -2.31. The van der Waals surface area contributed by atoms with Crippen molar-refractivity contribution in [1.29, 1.82) is 0 Å². The van der Waals surface area contributed by atoms with Gasteiger partial charge in [0.2, 0.25) is 5.69 Å². The predicted octanol–water partition coefficient (Wildman–Crippen LogP) is 5.59. The summed E-state index contributed by atoms with van der Waals surface area (Å²) in [5.41, 5.74) is 7.72. The minimum atomic E-state index is 1.27. The van der Waals surface area contributed by atoms with Crippen molar-refractivity contribution in [2.24, 2.45) is 14.1 Å². The molecule has 2 aromatic heterocycles. The minimum absolute atomic E-state index is 1.27. The van der Waals surface area contributed by atoms with E-state index in [0.717, 1.165) is 0 Å². The van der Waals surface area contributed by atoms with Crippen LogP contribution in [0.5, 0.6) is 0 Å². The Morgan fingerprint density at radius 2 is 1.63 bits per heavy atom. The van der Waals surface area contributed by atoms with Gasteiger partial charge in [0.1, 0.15) is 12.6 Å². The summed E-state index contributed by atoms with van der Waals surface area (Å²) in [5, 5.41) is 5.23. The summed E-state index contributed by atoms with van der Waals surface area (Å²) in [7, 11) is 4.32. The molecule has 0 amide bonds. The molecule has 0 radical (unpaired) electrons. The monoisotopic (exact) mass is 351 g/mol. The van der Waals surface area contributed by atoms with Crippen molar-refractivity contribution in [2.75, 3.05) is 0 Å². The molecule has 0 aliphatic heterocycles. The first-order valence-corrected chi connectivity index (χ1v) is 9.42. The van der Waals surface area contributed by atoms with Crippen LogP contribution in [-0.4, -0.2) is 4.57 Å². The third kappa shape index (κ3) is 2.30. The van der Waals surface area contributed by atoms with Crippen LogP contribution >= 0.6 is 0 Å². The van der Waals surface area contributed by atoms with E-state index in [1.54, 1.807) is 0 Å². The number of aromatic nitrogens is 2. The van der Waals surface area contributed by atoms with Gasteiger partial charge < -0.3 is 4.57 Å². The molecule has 0 aliphatic carbocycles. The maximum absolute atomic E-state index is 2.35. The predicted molar refractivity (Wildman–Crippen MR) is 114 cm³/mol. The molecular formula is C25H23N2+. The molecule has 2 heterocycles. The Balaban J connectivity index is 1.98. The second-order valence-corrected chi connectivity index (χ2v) is 7.63. The van der Waals surface area contributed by atoms with Crippen molar-refractivity contribution in [3.8, 4) is 11.3 Å². The van der Waals surface area contributed by atoms with Gasteiger partial charge in [-0.25, -0.2) is 0 Å². The van der Waals surface area contributed by atoms with Crippen molar-refractivity contribution < 1.29 is 4.57 Å². The number of hydrogen-bond donors (Lipinski definition) is 0. The topological polar surface area (TPSA) is 8.81 Å². The fourth-order valence-corrected chi connectivity index (χ4v) is 4.37. The summed E-state index contributed by atoms with van der Waals surface area (Å²) in [4.78, 5) is 0. The van der Waals surface area contributed by atoms with Crippen LogP contribution in [0, 0.1) is 13.8 Å². The van der Waals surface area contributed by atoms with Gasteiger partial charge in [0, 0.05) is 29.4 Å².